The van der Waals surface area contributed by atoms with Gasteiger partial charge in [-0.25, -0.2) is 4.39 Å². The van der Waals surface area contributed by atoms with Crippen molar-refractivity contribution in [2.24, 2.45) is 0 Å². The molecule has 0 aliphatic rings. The van der Waals surface area contributed by atoms with E-state index in [1.165, 1.54) is 12.1 Å². The van der Waals surface area contributed by atoms with Crippen LogP contribution in [0.3, 0.4) is 0 Å². The number of rotatable bonds is 6. The van der Waals surface area contributed by atoms with E-state index >= 15 is 0 Å². The third kappa shape index (κ3) is 4.03. The van der Waals surface area contributed by atoms with Crippen molar-refractivity contribution in [3.05, 3.63) is 35.7 Å². The van der Waals surface area contributed by atoms with Gasteiger partial charge in [0.05, 0.1) is 7.11 Å². The van der Waals surface area contributed by atoms with Gasteiger partial charge < -0.3 is 10.1 Å². The van der Waals surface area contributed by atoms with Crippen LogP contribution < -0.4 is 10.1 Å². The number of halogens is 1. The van der Waals surface area contributed by atoms with E-state index in [0.717, 1.165) is 25.1 Å². The Kier molecular flexibility index (Phi) is 5.57. The maximum atomic E-state index is 13.0. The second kappa shape index (κ2) is 7.01. The molecule has 1 rings (SSSR count). The van der Waals surface area contributed by atoms with Crippen LogP contribution in [-0.4, -0.2) is 20.2 Å². The third-order valence-electron chi connectivity index (χ3n) is 2.23. The van der Waals surface area contributed by atoms with Crippen molar-refractivity contribution in [2.45, 2.75) is 13.3 Å². The van der Waals surface area contributed by atoms with Gasteiger partial charge in [0.15, 0.2) is 0 Å². The highest BCUT2D eigenvalue weighted by Crippen LogP contribution is 2.20. The van der Waals surface area contributed by atoms with E-state index in [4.69, 9.17) is 4.74 Å². The molecule has 1 aromatic carbocycles. The topological polar surface area (TPSA) is 21.3 Å². The minimum Gasteiger partial charge on any atom is -0.496 e. The highest BCUT2D eigenvalue weighted by molar-refractivity contribution is 5.57. The molecule has 16 heavy (non-hydrogen) atoms. The minimum absolute atomic E-state index is 0.243. The molecular formula is C13H18FNO. The van der Waals surface area contributed by atoms with Crippen molar-refractivity contribution in [1.29, 1.82) is 0 Å². The van der Waals surface area contributed by atoms with E-state index in [9.17, 15) is 4.39 Å². The van der Waals surface area contributed by atoms with Crippen molar-refractivity contribution in [2.75, 3.05) is 20.2 Å². The molecule has 0 aliphatic heterocycles. The predicted octanol–water partition coefficient (Wildman–Crippen LogP) is 2.85. The summed E-state index contributed by atoms with van der Waals surface area (Å²) in [5.41, 5.74) is 0.777. The molecule has 2 nitrogen and oxygen atoms in total. The van der Waals surface area contributed by atoms with Gasteiger partial charge in [-0.1, -0.05) is 19.1 Å². The molecule has 0 atom stereocenters. The smallest absolute Gasteiger partial charge is 0.126 e. The summed E-state index contributed by atoms with van der Waals surface area (Å²) in [5, 5.41) is 3.22. The summed E-state index contributed by atoms with van der Waals surface area (Å²) in [7, 11) is 1.59. The standard InChI is InChI=1S/C13H18FNO/c1-3-15-9-5-4-6-11-10-12(14)7-8-13(11)16-2/h4,6-8,10,15H,3,5,9H2,1-2H3/b6-4+. The lowest BCUT2D eigenvalue weighted by Gasteiger charge is -2.04. The van der Waals surface area contributed by atoms with Crippen molar-refractivity contribution >= 4 is 6.08 Å². The van der Waals surface area contributed by atoms with Crippen LogP contribution in [0.5, 0.6) is 5.75 Å². The first kappa shape index (κ1) is 12.7. The van der Waals surface area contributed by atoms with Crippen LogP contribution in [0.2, 0.25) is 0 Å². The number of hydrogen-bond donors (Lipinski definition) is 1. The normalized spacial score (nSPS) is 10.9. The fourth-order valence-electron chi connectivity index (χ4n) is 1.41. The number of nitrogens with one attached hydrogen (secondary N) is 1. The molecule has 0 radical (unpaired) electrons. The van der Waals surface area contributed by atoms with Crippen molar-refractivity contribution < 1.29 is 9.13 Å². The third-order valence-corrected chi connectivity index (χ3v) is 2.23. The van der Waals surface area contributed by atoms with Gasteiger partial charge in [0.25, 0.3) is 0 Å². The van der Waals surface area contributed by atoms with Crippen LogP contribution in [0.4, 0.5) is 4.39 Å². The summed E-state index contributed by atoms with van der Waals surface area (Å²) in [4.78, 5) is 0. The van der Waals surface area contributed by atoms with Gasteiger partial charge in [-0.15, -0.1) is 0 Å². The van der Waals surface area contributed by atoms with Crippen LogP contribution >= 0.6 is 0 Å². The van der Waals surface area contributed by atoms with Crippen molar-refractivity contribution in [1.82, 2.24) is 5.32 Å². The van der Waals surface area contributed by atoms with E-state index in [0.29, 0.717) is 5.75 Å². The fraction of sp³-hybridized carbons (Fsp3) is 0.385. The second-order valence-corrected chi connectivity index (χ2v) is 3.43. The summed E-state index contributed by atoms with van der Waals surface area (Å²) in [6, 6.07) is 4.51. The van der Waals surface area contributed by atoms with Gasteiger partial charge in [0, 0.05) is 5.56 Å². The maximum Gasteiger partial charge on any atom is 0.126 e. The van der Waals surface area contributed by atoms with Crippen LogP contribution in [0, 0.1) is 5.82 Å². The van der Waals surface area contributed by atoms with E-state index < -0.39 is 0 Å². The van der Waals surface area contributed by atoms with Crippen LogP contribution in [-0.2, 0) is 0 Å². The van der Waals surface area contributed by atoms with Gasteiger partial charge >= 0.3 is 0 Å². The van der Waals surface area contributed by atoms with E-state index in [-0.39, 0.29) is 5.82 Å². The van der Waals surface area contributed by atoms with Gasteiger partial charge in [-0.05, 0) is 37.7 Å². The average Bonchev–Trinajstić information content (AvgIpc) is 2.29. The zero-order valence-corrected chi connectivity index (χ0v) is 9.79. The first-order chi connectivity index (χ1) is 7.77. The molecule has 0 saturated carbocycles. The molecule has 3 heteroatoms. The molecule has 0 fully saturated rings. The van der Waals surface area contributed by atoms with E-state index in [2.05, 4.69) is 12.2 Å². The summed E-state index contributed by atoms with van der Waals surface area (Å²) in [6.45, 7) is 3.97. The summed E-state index contributed by atoms with van der Waals surface area (Å²) in [6.07, 6.45) is 4.83. The van der Waals surface area contributed by atoms with E-state index in [1.807, 2.05) is 12.2 Å². The Labute approximate surface area is 96.1 Å². The molecule has 88 valence electrons. The first-order valence-corrected chi connectivity index (χ1v) is 5.48. The number of methoxy groups -OCH3 is 1. The molecule has 0 unspecified atom stereocenters. The predicted molar refractivity (Wildman–Crippen MR) is 65.1 cm³/mol. The molecule has 1 N–H and O–H groups in total. The summed E-state index contributed by atoms with van der Waals surface area (Å²) >= 11 is 0. The monoisotopic (exact) mass is 223 g/mol. The minimum atomic E-state index is -0.243. The Bertz CT molecular complexity index is 350. The summed E-state index contributed by atoms with van der Waals surface area (Å²) < 4.78 is 18.2. The number of hydrogen-bond acceptors (Lipinski definition) is 2. The van der Waals surface area contributed by atoms with Crippen LogP contribution in [0.15, 0.2) is 24.3 Å². The van der Waals surface area contributed by atoms with Crippen molar-refractivity contribution in [3.63, 3.8) is 0 Å². The fourth-order valence-corrected chi connectivity index (χ4v) is 1.41. The zero-order valence-electron chi connectivity index (χ0n) is 9.79. The quantitative estimate of drug-likeness (QED) is 0.749. The lowest BCUT2D eigenvalue weighted by Crippen LogP contribution is -2.12. The van der Waals surface area contributed by atoms with E-state index in [1.54, 1.807) is 13.2 Å². The Morgan fingerprint density at radius 3 is 2.94 bits per heavy atom. The highest BCUT2D eigenvalue weighted by Gasteiger charge is 2.00. The Morgan fingerprint density at radius 1 is 1.44 bits per heavy atom. The lowest BCUT2D eigenvalue weighted by atomic mass is 10.1. The first-order valence-electron chi connectivity index (χ1n) is 5.48. The lowest BCUT2D eigenvalue weighted by molar-refractivity contribution is 0.412. The molecule has 0 saturated heterocycles. The van der Waals surface area contributed by atoms with Gasteiger partial charge in [-0.2, -0.15) is 0 Å². The zero-order chi connectivity index (χ0) is 11.8. The Hall–Kier alpha value is -1.35. The Morgan fingerprint density at radius 2 is 2.25 bits per heavy atom. The average molecular weight is 223 g/mol. The molecule has 0 heterocycles. The number of ether oxygens (including phenoxy) is 1. The molecule has 0 amide bonds. The molecule has 1 aromatic rings. The molecule has 0 aromatic heterocycles. The SMILES string of the molecule is CCNCC/C=C/c1cc(F)ccc1OC. The second-order valence-electron chi connectivity index (χ2n) is 3.43. The molecule has 0 aliphatic carbocycles. The number of benzene rings is 1. The Balaban J connectivity index is 2.60. The van der Waals surface area contributed by atoms with Gasteiger partial charge in [-0.3, -0.25) is 0 Å². The molecule has 0 spiro atoms. The largest absolute Gasteiger partial charge is 0.496 e. The molecule has 0 bridgehead atoms. The van der Waals surface area contributed by atoms with Crippen LogP contribution in [0.1, 0.15) is 18.9 Å². The highest BCUT2D eigenvalue weighted by atomic mass is 19.1. The summed E-state index contributed by atoms with van der Waals surface area (Å²) in [5.74, 6) is 0.452. The van der Waals surface area contributed by atoms with Gasteiger partial charge in [0.2, 0.25) is 0 Å². The maximum absolute atomic E-state index is 13.0. The van der Waals surface area contributed by atoms with Crippen LogP contribution in [0.25, 0.3) is 6.08 Å². The van der Waals surface area contributed by atoms with Crippen molar-refractivity contribution in [3.8, 4) is 5.75 Å². The molecular weight excluding hydrogens is 205 g/mol. The van der Waals surface area contributed by atoms with Gasteiger partial charge in [0.1, 0.15) is 11.6 Å².